The molecule has 10 nitrogen and oxygen atoms in total. The van der Waals surface area contributed by atoms with Gasteiger partial charge in [-0.2, -0.15) is 5.06 Å². The van der Waals surface area contributed by atoms with Gasteiger partial charge in [-0.3, -0.25) is 19.2 Å². The molecular formula is C24H31N3O7. The third-order valence-electron chi connectivity index (χ3n) is 6.35. The van der Waals surface area contributed by atoms with Gasteiger partial charge in [0, 0.05) is 25.2 Å². The fourth-order valence-electron chi connectivity index (χ4n) is 4.92. The molecule has 0 radical (unpaired) electrons. The number of hydroxylamine groups is 2. The van der Waals surface area contributed by atoms with Gasteiger partial charge in [0.1, 0.15) is 18.3 Å². The first-order chi connectivity index (χ1) is 16.1. The van der Waals surface area contributed by atoms with Crippen molar-refractivity contribution in [2.75, 3.05) is 6.61 Å². The first-order valence-corrected chi connectivity index (χ1v) is 11.6. The Labute approximate surface area is 197 Å². The largest absolute Gasteiger partial charge is 0.348 e. The van der Waals surface area contributed by atoms with Crippen molar-refractivity contribution >= 4 is 0 Å². The molecule has 0 amide bonds. The van der Waals surface area contributed by atoms with Crippen LogP contribution in [0.1, 0.15) is 45.9 Å². The lowest BCUT2D eigenvalue weighted by atomic mass is 9.98. The SMILES string of the molecule is CC1(C)O[C@@H]([C@H]2COC(C)(C)O2)[C@H]([C@@H]2C[C@@H](n3ccc(=O)[nH]c3=O)ON2Cc2ccccc2)O1. The third kappa shape index (κ3) is 4.74. The van der Waals surface area contributed by atoms with E-state index in [1.54, 1.807) is 0 Å². The Hall–Kier alpha value is -2.34. The molecule has 3 fully saturated rings. The maximum Gasteiger partial charge on any atom is 0.330 e. The van der Waals surface area contributed by atoms with Gasteiger partial charge in [-0.1, -0.05) is 30.3 Å². The minimum Gasteiger partial charge on any atom is -0.348 e. The van der Waals surface area contributed by atoms with Crippen molar-refractivity contribution in [2.45, 2.75) is 82.8 Å². The zero-order valence-electron chi connectivity index (χ0n) is 19.8. The van der Waals surface area contributed by atoms with Crippen LogP contribution in [0.15, 0.2) is 52.2 Å². The van der Waals surface area contributed by atoms with Crippen molar-refractivity contribution in [3.63, 3.8) is 0 Å². The van der Waals surface area contributed by atoms with Crippen LogP contribution in [0.2, 0.25) is 0 Å². The average molecular weight is 474 g/mol. The summed E-state index contributed by atoms with van der Waals surface area (Å²) in [4.78, 5) is 32.6. The Kier molecular flexibility index (Phi) is 5.99. The minimum atomic E-state index is -0.823. The van der Waals surface area contributed by atoms with E-state index in [0.717, 1.165) is 5.56 Å². The Morgan fingerprint density at radius 2 is 1.71 bits per heavy atom. The Morgan fingerprint density at radius 1 is 0.971 bits per heavy atom. The van der Waals surface area contributed by atoms with E-state index in [2.05, 4.69) is 4.98 Å². The molecule has 0 aliphatic carbocycles. The van der Waals surface area contributed by atoms with Gasteiger partial charge in [-0.05, 0) is 33.3 Å². The summed E-state index contributed by atoms with van der Waals surface area (Å²) < 4.78 is 26.0. The van der Waals surface area contributed by atoms with Crippen molar-refractivity contribution in [3.05, 3.63) is 69.0 Å². The highest BCUT2D eigenvalue weighted by molar-refractivity contribution is 5.15. The monoisotopic (exact) mass is 473 g/mol. The topological polar surface area (TPSA) is 104 Å². The predicted molar refractivity (Wildman–Crippen MR) is 121 cm³/mol. The number of rotatable bonds is 5. The van der Waals surface area contributed by atoms with Crippen LogP contribution in [0.25, 0.3) is 0 Å². The van der Waals surface area contributed by atoms with E-state index in [1.807, 2.05) is 63.1 Å². The second kappa shape index (κ2) is 8.71. The summed E-state index contributed by atoms with van der Waals surface area (Å²) in [6.07, 6.45) is 0.201. The number of hydrogen-bond donors (Lipinski definition) is 1. The molecule has 0 spiro atoms. The number of ether oxygens (including phenoxy) is 4. The summed E-state index contributed by atoms with van der Waals surface area (Å²) >= 11 is 0. The Bertz CT molecular complexity index is 1130. The molecule has 0 bridgehead atoms. The standard InChI is InChI=1S/C24H31N3O7/c1-23(2)30-14-17(31-23)21-20(32-24(3,4)33-21)16-12-19(26-11-10-18(28)25-22(26)29)34-27(16)13-15-8-6-5-7-9-15/h5-11,16-17,19-21H,12-14H2,1-4H3,(H,25,28,29)/t16-,17+,19-,20-,21-/m0/s1. The van der Waals surface area contributed by atoms with Crippen LogP contribution < -0.4 is 11.2 Å². The highest BCUT2D eigenvalue weighted by Gasteiger charge is 2.55. The van der Waals surface area contributed by atoms with Crippen molar-refractivity contribution < 1.29 is 23.8 Å². The molecule has 3 aliphatic heterocycles. The van der Waals surface area contributed by atoms with Crippen molar-refractivity contribution in [1.82, 2.24) is 14.6 Å². The molecule has 1 N–H and O–H groups in total. The van der Waals surface area contributed by atoms with Crippen LogP contribution in [0.4, 0.5) is 0 Å². The molecule has 0 saturated carbocycles. The Balaban J connectivity index is 1.46. The molecular weight excluding hydrogens is 442 g/mol. The molecule has 3 saturated heterocycles. The fraction of sp³-hybridized carbons (Fsp3) is 0.583. The van der Waals surface area contributed by atoms with Crippen molar-refractivity contribution in [1.29, 1.82) is 0 Å². The summed E-state index contributed by atoms with van der Waals surface area (Å²) in [5.74, 6) is -1.52. The van der Waals surface area contributed by atoms with Crippen LogP contribution in [-0.4, -0.2) is 57.1 Å². The first kappa shape index (κ1) is 23.4. The quantitative estimate of drug-likeness (QED) is 0.703. The summed E-state index contributed by atoms with van der Waals surface area (Å²) in [6.45, 7) is 8.39. The molecule has 0 unspecified atom stereocenters. The molecule has 5 atom stereocenters. The van der Waals surface area contributed by atoms with Crippen LogP contribution in [-0.2, 0) is 30.3 Å². The lowest BCUT2D eigenvalue weighted by Crippen LogP contribution is -2.48. The number of aromatic nitrogens is 2. The second-order valence-electron chi connectivity index (χ2n) is 9.87. The summed E-state index contributed by atoms with van der Waals surface area (Å²) in [5.41, 5.74) is 0.0816. The number of H-pyrrole nitrogens is 1. The van der Waals surface area contributed by atoms with Gasteiger partial charge < -0.3 is 18.9 Å². The molecule has 184 valence electrons. The zero-order valence-corrected chi connectivity index (χ0v) is 19.8. The average Bonchev–Trinajstić information content (AvgIpc) is 3.43. The predicted octanol–water partition coefficient (Wildman–Crippen LogP) is 1.91. The highest BCUT2D eigenvalue weighted by Crippen LogP contribution is 2.42. The zero-order chi connectivity index (χ0) is 24.1. The highest BCUT2D eigenvalue weighted by atomic mass is 16.8. The number of aromatic amines is 1. The van der Waals surface area contributed by atoms with Gasteiger partial charge in [0.05, 0.1) is 12.6 Å². The summed E-state index contributed by atoms with van der Waals surface area (Å²) in [7, 11) is 0. The van der Waals surface area contributed by atoms with E-state index >= 15 is 0 Å². The molecule has 2 aromatic rings. The van der Waals surface area contributed by atoms with Crippen molar-refractivity contribution in [2.24, 2.45) is 0 Å². The number of benzene rings is 1. The Morgan fingerprint density at radius 3 is 2.38 bits per heavy atom. The molecule has 1 aromatic heterocycles. The summed E-state index contributed by atoms with van der Waals surface area (Å²) in [6, 6.07) is 11.0. The third-order valence-corrected chi connectivity index (χ3v) is 6.35. The lowest BCUT2D eigenvalue weighted by molar-refractivity contribution is -0.210. The molecule has 10 heteroatoms. The van der Waals surface area contributed by atoms with E-state index in [9.17, 15) is 9.59 Å². The normalized spacial score (nSPS) is 32.9. The fourth-order valence-corrected chi connectivity index (χ4v) is 4.92. The van der Waals surface area contributed by atoms with Gasteiger partial charge in [-0.25, -0.2) is 4.79 Å². The second-order valence-corrected chi connectivity index (χ2v) is 9.87. The van der Waals surface area contributed by atoms with E-state index in [-0.39, 0.29) is 12.1 Å². The lowest BCUT2D eigenvalue weighted by Gasteiger charge is -2.31. The van der Waals surface area contributed by atoms with Crippen LogP contribution in [0.3, 0.4) is 0 Å². The minimum absolute atomic E-state index is 0.247. The molecule has 34 heavy (non-hydrogen) atoms. The molecule has 4 heterocycles. The van der Waals surface area contributed by atoms with Gasteiger partial charge in [0.25, 0.3) is 5.56 Å². The number of hydrogen-bond acceptors (Lipinski definition) is 8. The maximum atomic E-state index is 12.5. The first-order valence-electron chi connectivity index (χ1n) is 11.6. The number of nitrogens with one attached hydrogen (secondary N) is 1. The van der Waals surface area contributed by atoms with Crippen LogP contribution >= 0.6 is 0 Å². The van der Waals surface area contributed by atoms with Crippen molar-refractivity contribution in [3.8, 4) is 0 Å². The maximum absolute atomic E-state index is 12.5. The van der Waals surface area contributed by atoms with Gasteiger partial charge in [0.2, 0.25) is 0 Å². The smallest absolute Gasteiger partial charge is 0.330 e. The molecule has 5 rings (SSSR count). The van der Waals surface area contributed by atoms with E-state index < -0.39 is 41.3 Å². The van der Waals surface area contributed by atoms with Gasteiger partial charge >= 0.3 is 5.69 Å². The van der Waals surface area contributed by atoms with E-state index in [0.29, 0.717) is 19.6 Å². The van der Waals surface area contributed by atoms with Gasteiger partial charge in [-0.15, -0.1) is 0 Å². The van der Waals surface area contributed by atoms with Crippen LogP contribution in [0.5, 0.6) is 0 Å². The van der Waals surface area contributed by atoms with E-state index in [1.165, 1.54) is 16.8 Å². The number of nitrogens with zero attached hydrogens (tertiary/aromatic N) is 2. The summed E-state index contributed by atoms with van der Waals surface area (Å²) in [5, 5.41) is 1.85. The van der Waals surface area contributed by atoms with E-state index in [4.69, 9.17) is 23.8 Å². The van der Waals surface area contributed by atoms with Crippen LogP contribution in [0, 0.1) is 0 Å². The molecule has 3 aliphatic rings. The molecule has 1 aromatic carbocycles. The van der Waals surface area contributed by atoms with Gasteiger partial charge in [0.15, 0.2) is 17.8 Å².